The van der Waals surface area contributed by atoms with Gasteiger partial charge in [0.25, 0.3) is 5.91 Å². The average molecular weight is 465 g/mol. The standard InChI is InChI=1S/C26H35F3N2O2/c1-5-30(6-2)17-9-10-20(4)31(19-21-13-15-24(16-14-21)33-7-3)25(32)22-11-8-12-23(18-22)26(27,28)29/h8,11-16,18,20H,5-7,9-10,17,19H2,1-4H3. The molecule has 0 spiro atoms. The highest BCUT2D eigenvalue weighted by molar-refractivity contribution is 5.94. The molecule has 0 aromatic heterocycles. The summed E-state index contributed by atoms with van der Waals surface area (Å²) in [5.74, 6) is 0.342. The molecule has 2 aromatic rings. The minimum Gasteiger partial charge on any atom is -0.494 e. The van der Waals surface area contributed by atoms with Gasteiger partial charge in [-0.05, 0) is 82.2 Å². The van der Waals surface area contributed by atoms with E-state index in [0.717, 1.165) is 55.9 Å². The van der Waals surface area contributed by atoms with Crippen molar-refractivity contribution in [1.29, 1.82) is 0 Å². The van der Waals surface area contributed by atoms with E-state index in [-0.39, 0.29) is 11.6 Å². The van der Waals surface area contributed by atoms with E-state index in [1.807, 2.05) is 38.1 Å². The summed E-state index contributed by atoms with van der Waals surface area (Å²) in [4.78, 5) is 17.4. The number of alkyl halides is 3. The molecule has 0 aliphatic carbocycles. The van der Waals surface area contributed by atoms with Crippen molar-refractivity contribution in [3.05, 3.63) is 65.2 Å². The highest BCUT2D eigenvalue weighted by Gasteiger charge is 2.32. The van der Waals surface area contributed by atoms with E-state index >= 15 is 0 Å². The lowest BCUT2D eigenvalue weighted by atomic mass is 10.0. The Morgan fingerprint density at radius 2 is 1.70 bits per heavy atom. The van der Waals surface area contributed by atoms with Crippen molar-refractivity contribution in [1.82, 2.24) is 9.80 Å². The van der Waals surface area contributed by atoms with Gasteiger partial charge in [-0.3, -0.25) is 4.79 Å². The van der Waals surface area contributed by atoms with E-state index in [0.29, 0.717) is 13.2 Å². The Morgan fingerprint density at radius 3 is 2.27 bits per heavy atom. The van der Waals surface area contributed by atoms with E-state index < -0.39 is 17.6 Å². The second-order valence-electron chi connectivity index (χ2n) is 8.11. The maximum absolute atomic E-state index is 13.4. The summed E-state index contributed by atoms with van der Waals surface area (Å²) < 4.78 is 45.1. The zero-order chi connectivity index (χ0) is 24.4. The number of halogens is 3. The molecule has 0 aliphatic heterocycles. The Bertz CT molecular complexity index is 865. The van der Waals surface area contributed by atoms with Crippen LogP contribution in [0, 0.1) is 0 Å². The number of amides is 1. The number of hydrogen-bond donors (Lipinski definition) is 0. The Kier molecular flexibility index (Phi) is 10.2. The number of carbonyl (C=O) groups is 1. The second kappa shape index (κ2) is 12.6. The van der Waals surface area contributed by atoms with Gasteiger partial charge in [-0.15, -0.1) is 0 Å². The van der Waals surface area contributed by atoms with Crippen LogP contribution in [0.1, 0.15) is 62.0 Å². The second-order valence-corrected chi connectivity index (χ2v) is 8.11. The first-order valence-corrected chi connectivity index (χ1v) is 11.6. The van der Waals surface area contributed by atoms with Crippen molar-refractivity contribution in [2.45, 2.75) is 59.3 Å². The highest BCUT2D eigenvalue weighted by Crippen LogP contribution is 2.30. The summed E-state index contributed by atoms with van der Waals surface area (Å²) >= 11 is 0. The van der Waals surface area contributed by atoms with Gasteiger partial charge in [-0.2, -0.15) is 13.2 Å². The molecule has 2 aromatic carbocycles. The third-order valence-corrected chi connectivity index (χ3v) is 5.81. The van der Waals surface area contributed by atoms with Crippen LogP contribution in [-0.4, -0.2) is 48.0 Å². The van der Waals surface area contributed by atoms with Crippen LogP contribution in [0.4, 0.5) is 13.2 Å². The van der Waals surface area contributed by atoms with E-state index in [4.69, 9.17) is 4.74 Å². The molecule has 2 rings (SSSR count). The third kappa shape index (κ3) is 8.07. The Hall–Kier alpha value is -2.54. The lowest BCUT2D eigenvalue weighted by Gasteiger charge is -2.30. The minimum atomic E-state index is -4.49. The van der Waals surface area contributed by atoms with Gasteiger partial charge in [0.1, 0.15) is 5.75 Å². The van der Waals surface area contributed by atoms with Gasteiger partial charge in [-0.1, -0.05) is 32.0 Å². The van der Waals surface area contributed by atoms with Crippen molar-refractivity contribution in [2.75, 3.05) is 26.2 Å². The Morgan fingerprint density at radius 1 is 1.03 bits per heavy atom. The van der Waals surface area contributed by atoms with Gasteiger partial charge in [0, 0.05) is 18.2 Å². The van der Waals surface area contributed by atoms with E-state index in [2.05, 4.69) is 18.7 Å². The zero-order valence-electron chi connectivity index (χ0n) is 20.0. The van der Waals surface area contributed by atoms with Gasteiger partial charge < -0.3 is 14.5 Å². The van der Waals surface area contributed by atoms with Crippen LogP contribution in [0.3, 0.4) is 0 Å². The average Bonchev–Trinajstić information content (AvgIpc) is 2.80. The van der Waals surface area contributed by atoms with Crippen LogP contribution in [0.5, 0.6) is 5.75 Å². The summed E-state index contributed by atoms with van der Waals surface area (Å²) in [5, 5.41) is 0. The van der Waals surface area contributed by atoms with Crippen LogP contribution in [-0.2, 0) is 12.7 Å². The van der Waals surface area contributed by atoms with E-state index in [9.17, 15) is 18.0 Å². The number of hydrogen-bond acceptors (Lipinski definition) is 3. The molecule has 0 saturated heterocycles. The molecule has 1 unspecified atom stereocenters. The molecular weight excluding hydrogens is 429 g/mol. The quantitative estimate of drug-likeness (QED) is 0.372. The maximum Gasteiger partial charge on any atom is 0.416 e. The fourth-order valence-corrected chi connectivity index (χ4v) is 3.78. The monoisotopic (exact) mass is 464 g/mol. The van der Waals surface area contributed by atoms with E-state index in [1.165, 1.54) is 12.1 Å². The van der Waals surface area contributed by atoms with Crippen molar-refractivity contribution in [3.8, 4) is 5.75 Å². The van der Waals surface area contributed by atoms with Crippen LogP contribution in [0.2, 0.25) is 0 Å². The maximum atomic E-state index is 13.4. The number of rotatable bonds is 12. The van der Waals surface area contributed by atoms with Gasteiger partial charge >= 0.3 is 6.18 Å². The summed E-state index contributed by atoms with van der Waals surface area (Å²) in [6, 6.07) is 12.0. The third-order valence-electron chi connectivity index (χ3n) is 5.81. The number of nitrogens with zero attached hydrogens (tertiary/aromatic N) is 2. The van der Waals surface area contributed by atoms with Crippen LogP contribution >= 0.6 is 0 Å². The fraction of sp³-hybridized carbons (Fsp3) is 0.500. The van der Waals surface area contributed by atoms with Gasteiger partial charge in [0.05, 0.1) is 12.2 Å². The number of benzene rings is 2. The molecule has 0 saturated carbocycles. The molecule has 7 heteroatoms. The number of carbonyl (C=O) groups excluding carboxylic acids is 1. The molecule has 1 amide bonds. The lowest BCUT2D eigenvalue weighted by Crippen LogP contribution is -2.38. The molecule has 33 heavy (non-hydrogen) atoms. The molecule has 0 fully saturated rings. The minimum absolute atomic E-state index is 0.0476. The molecule has 4 nitrogen and oxygen atoms in total. The Labute approximate surface area is 195 Å². The van der Waals surface area contributed by atoms with Crippen molar-refractivity contribution < 1.29 is 22.7 Å². The van der Waals surface area contributed by atoms with Crippen molar-refractivity contribution in [2.24, 2.45) is 0 Å². The van der Waals surface area contributed by atoms with Crippen LogP contribution in [0.15, 0.2) is 48.5 Å². The van der Waals surface area contributed by atoms with Gasteiger partial charge in [-0.25, -0.2) is 0 Å². The molecule has 0 N–H and O–H groups in total. The molecule has 0 heterocycles. The van der Waals surface area contributed by atoms with Crippen LogP contribution in [0.25, 0.3) is 0 Å². The molecule has 0 aliphatic rings. The molecule has 0 radical (unpaired) electrons. The molecule has 0 bridgehead atoms. The number of ether oxygens (including phenoxy) is 1. The highest BCUT2D eigenvalue weighted by atomic mass is 19.4. The van der Waals surface area contributed by atoms with Gasteiger partial charge in [0.2, 0.25) is 0 Å². The normalized spacial score (nSPS) is 12.6. The summed E-state index contributed by atoms with van der Waals surface area (Å²) in [6.07, 6.45) is -2.83. The summed E-state index contributed by atoms with van der Waals surface area (Å²) in [5.41, 5.74) is 0.129. The van der Waals surface area contributed by atoms with E-state index in [1.54, 1.807) is 4.90 Å². The largest absolute Gasteiger partial charge is 0.494 e. The van der Waals surface area contributed by atoms with Crippen LogP contribution < -0.4 is 4.74 Å². The molecular formula is C26H35F3N2O2. The fourth-order valence-electron chi connectivity index (χ4n) is 3.78. The first-order chi connectivity index (χ1) is 15.7. The molecule has 182 valence electrons. The van der Waals surface area contributed by atoms with Crippen molar-refractivity contribution >= 4 is 5.91 Å². The predicted molar refractivity (Wildman–Crippen MR) is 125 cm³/mol. The topological polar surface area (TPSA) is 32.8 Å². The predicted octanol–water partition coefficient (Wildman–Crippen LogP) is 6.26. The SMILES string of the molecule is CCOc1ccc(CN(C(=O)c2cccc(C(F)(F)F)c2)C(C)CCCN(CC)CC)cc1. The Balaban J connectivity index is 2.24. The smallest absolute Gasteiger partial charge is 0.416 e. The zero-order valence-corrected chi connectivity index (χ0v) is 20.0. The summed E-state index contributed by atoms with van der Waals surface area (Å²) in [6.45, 7) is 11.8. The van der Waals surface area contributed by atoms with Crippen molar-refractivity contribution in [3.63, 3.8) is 0 Å². The lowest BCUT2D eigenvalue weighted by molar-refractivity contribution is -0.137. The first kappa shape index (κ1) is 26.7. The molecule has 1 atom stereocenters. The van der Waals surface area contributed by atoms with Gasteiger partial charge in [0.15, 0.2) is 0 Å². The first-order valence-electron chi connectivity index (χ1n) is 11.6. The summed E-state index contributed by atoms with van der Waals surface area (Å²) in [7, 11) is 0.